The Hall–Kier alpha value is -1.39. The molecule has 4 nitrogen and oxygen atoms in total. The molecule has 1 amide bonds. The fraction of sp³-hybridized carbons (Fsp3) is 0.588. The molecule has 21 heavy (non-hydrogen) atoms. The number of carbonyl (C=O) groups is 1. The molecule has 2 saturated heterocycles. The molecule has 0 aliphatic carbocycles. The number of fused-ring (bicyclic) bond motifs is 3. The molecule has 2 fully saturated rings. The highest BCUT2D eigenvalue weighted by Gasteiger charge is 2.36. The summed E-state index contributed by atoms with van der Waals surface area (Å²) in [6, 6.07) is 11.3. The third-order valence-electron chi connectivity index (χ3n) is 4.56. The number of nitrogens with one attached hydrogen (secondary N) is 1. The third kappa shape index (κ3) is 3.44. The molecule has 2 heterocycles. The predicted octanol–water partition coefficient (Wildman–Crippen LogP) is 1.33. The first kappa shape index (κ1) is 14.5. The molecule has 1 aromatic rings. The number of nitrogens with zero attached hydrogens (tertiary/aromatic N) is 2. The molecule has 0 unspecified atom stereocenters. The van der Waals surface area contributed by atoms with Crippen LogP contribution < -0.4 is 5.32 Å². The van der Waals surface area contributed by atoms with E-state index < -0.39 is 0 Å². The van der Waals surface area contributed by atoms with Crippen molar-refractivity contribution in [2.75, 3.05) is 26.2 Å². The molecule has 2 aliphatic rings. The van der Waals surface area contributed by atoms with Crippen LogP contribution in [0.5, 0.6) is 0 Å². The molecule has 2 atom stereocenters. The van der Waals surface area contributed by atoms with Gasteiger partial charge in [0.2, 0.25) is 5.91 Å². The van der Waals surface area contributed by atoms with E-state index in [2.05, 4.69) is 53.2 Å². The van der Waals surface area contributed by atoms with Crippen molar-refractivity contribution in [2.45, 2.75) is 32.5 Å². The van der Waals surface area contributed by atoms with E-state index in [1.165, 1.54) is 5.56 Å². The van der Waals surface area contributed by atoms with Gasteiger partial charge in [-0.15, -0.1) is 0 Å². The summed E-state index contributed by atoms with van der Waals surface area (Å²) in [5.41, 5.74) is 1.32. The van der Waals surface area contributed by atoms with E-state index in [4.69, 9.17) is 0 Å². The Bertz CT molecular complexity index is 488. The van der Waals surface area contributed by atoms with Crippen LogP contribution in [0.4, 0.5) is 0 Å². The van der Waals surface area contributed by atoms with Crippen molar-refractivity contribution < 1.29 is 4.79 Å². The summed E-state index contributed by atoms with van der Waals surface area (Å²) >= 11 is 0. The van der Waals surface area contributed by atoms with E-state index >= 15 is 0 Å². The molecule has 3 rings (SSSR count). The Labute approximate surface area is 127 Å². The minimum Gasteiger partial charge on any atom is -0.350 e. The fourth-order valence-electron chi connectivity index (χ4n) is 3.42. The first-order valence-corrected chi connectivity index (χ1v) is 7.92. The standard InChI is InChI=1S/C17H25N3O/c1-13(2)20-10-15-9-19(8-14-6-4-3-5-7-14)11-16(12-20)18-17(15)21/h3-7,13,15-16H,8-12H2,1-2H3,(H,18,21)/t15-,16+/m0/s1. The number of amides is 1. The monoisotopic (exact) mass is 287 g/mol. The van der Waals surface area contributed by atoms with Crippen molar-refractivity contribution in [3.8, 4) is 0 Å². The van der Waals surface area contributed by atoms with Gasteiger partial charge in [-0.3, -0.25) is 14.6 Å². The highest BCUT2D eigenvalue weighted by molar-refractivity contribution is 5.80. The van der Waals surface area contributed by atoms with Crippen LogP contribution in [0.15, 0.2) is 30.3 Å². The van der Waals surface area contributed by atoms with Crippen molar-refractivity contribution in [1.82, 2.24) is 15.1 Å². The Morgan fingerprint density at radius 1 is 1.14 bits per heavy atom. The minimum absolute atomic E-state index is 0.0867. The number of rotatable bonds is 3. The lowest BCUT2D eigenvalue weighted by molar-refractivity contribution is -0.124. The molecule has 4 heteroatoms. The second-order valence-electron chi connectivity index (χ2n) is 6.63. The van der Waals surface area contributed by atoms with Crippen molar-refractivity contribution >= 4 is 5.91 Å². The summed E-state index contributed by atoms with van der Waals surface area (Å²) in [7, 11) is 0. The topological polar surface area (TPSA) is 35.6 Å². The van der Waals surface area contributed by atoms with Crippen LogP contribution >= 0.6 is 0 Å². The normalized spacial score (nSPS) is 27.5. The third-order valence-corrected chi connectivity index (χ3v) is 4.56. The molecule has 0 aromatic heterocycles. The Morgan fingerprint density at radius 3 is 2.62 bits per heavy atom. The van der Waals surface area contributed by atoms with Crippen LogP contribution in [0, 0.1) is 5.92 Å². The Morgan fingerprint density at radius 2 is 1.90 bits per heavy atom. The smallest absolute Gasteiger partial charge is 0.226 e. The number of hydrogen-bond donors (Lipinski definition) is 1. The van der Waals surface area contributed by atoms with Gasteiger partial charge in [0.25, 0.3) is 0 Å². The fourth-order valence-corrected chi connectivity index (χ4v) is 3.42. The zero-order chi connectivity index (χ0) is 14.8. The van der Waals surface area contributed by atoms with Gasteiger partial charge in [-0.05, 0) is 19.4 Å². The van der Waals surface area contributed by atoms with Crippen LogP contribution in [0.3, 0.4) is 0 Å². The summed E-state index contributed by atoms with van der Waals surface area (Å²) in [5, 5.41) is 3.22. The van der Waals surface area contributed by atoms with Gasteiger partial charge in [0.15, 0.2) is 0 Å². The van der Waals surface area contributed by atoms with Gasteiger partial charge in [0, 0.05) is 38.8 Å². The van der Waals surface area contributed by atoms with Crippen LogP contribution in [0.2, 0.25) is 0 Å². The maximum atomic E-state index is 12.3. The van der Waals surface area contributed by atoms with E-state index in [0.29, 0.717) is 6.04 Å². The first-order valence-electron chi connectivity index (χ1n) is 7.92. The first-order chi connectivity index (χ1) is 10.1. The molecular formula is C17H25N3O. The zero-order valence-corrected chi connectivity index (χ0v) is 13.0. The van der Waals surface area contributed by atoms with Crippen LogP contribution in [0.25, 0.3) is 0 Å². The summed E-state index contributed by atoms with van der Waals surface area (Å²) in [6.07, 6.45) is 0. The average molecular weight is 287 g/mol. The number of benzene rings is 1. The molecular weight excluding hydrogens is 262 g/mol. The van der Waals surface area contributed by atoms with Crippen LogP contribution in [0.1, 0.15) is 19.4 Å². The summed E-state index contributed by atoms with van der Waals surface area (Å²) in [6.45, 7) is 9.02. The molecule has 2 bridgehead atoms. The zero-order valence-electron chi connectivity index (χ0n) is 13.0. The average Bonchev–Trinajstić information content (AvgIpc) is 2.66. The van der Waals surface area contributed by atoms with E-state index in [9.17, 15) is 4.79 Å². The summed E-state index contributed by atoms with van der Waals surface area (Å²) in [4.78, 5) is 17.2. The van der Waals surface area contributed by atoms with Gasteiger partial charge in [0.1, 0.15) is 0 Å². The van der Waals surface area contributed by atoms with E-state index in [-0.39, 0.29) is 17.9 Å². The SMILES string of the molecule is CC(C)N1C[C@H]2CN(Cc3ccccc3)C[C@@H](C1)C(=O)N2. The maximum absolute atomic E-state index is 12.3. The van der Waals surface area contributed by atoms with Crippen LogP contribution in [-0.2, 0) is 11.3 Å². The lowest BCUT2D eigenvalue weighted by atomic mass is 10.1. The molecule has 2 aliphatic heterocycles. The molecule has 1 aromatic carbocycles. The lowest BCUT2D eigenvalue weighted by Crippen LogP contribution is -2.48. The molecule has 1 N–H and O–H groups in total. The van der Waals surface area contributed by atoms with Gasteiger partial charge in [0.05, 0.1) is 12.0 Å². The summed E-state index contributed by atoms with van der Waals surface area (Å²) in [5.74, 6) is 0.322. The molecule has 0 spiro atoms. The Balaban J connectivity index is 1.73. The molecule has 0 saturated carbocycles. The van der Waals surface area contributed by atoms with Gasteiger partial charge in [-0.25, -0.2) is 0 Å². The van der Waals surface area contributed by atoms with Gasteiger partial charge >= 0.3 is 0 Å². The highest BCUT2D eigenvalue weighted by atomic mass is 16.2. The summed E-state index contributed by atoms with van der Waals surface area (Å²) < 4.78 is 0. The van der Waals surface area contributed by atoms with Crippen LogP contribution in [-0.4, -0.2) is 54.0 Å². The second-order valence-corrected chi connectivity index (χ2v) is 6.63. The second kappa shape index (κ2) is 6.16. The predicted molar refractivity (Wildman–Crippen MR) is 83.8 cm³/mol. The molecule has 0 radical (unpaired) electrons. The van der Waals surface area contributed by atoms with Crippen molar-refractivity contribution in [2.24, 2.45) is 5.92 Å². The largest absolute Gasteiger partial charge is 0.350 e. The van der Waals surface area contributed by atoms with E-state index in [1.807, 2.05) is 6.07 Å². The Kier molecular flexibility index (Phi) is 4.27. The number of hydrogen-bond acceptors (Lipinski definition) is 3. The number of carbonyl (C=O) groups excluding carboxylic acids is 1. The van der Waals surface area contributed by atoms with Gasteiger partial charge in [-0.1, -0.05) is 30.3 Å². The van der Waals surface area contributed by atoms with Gasteiger partial charge in [-0.2, -0.15) is 0 Å². The minimum atomic E-state index is 0.0867. The quantitative estimate of drug-likeness (QED) is 0.911. The highest BCUT2D eigenvalue weighted by Crippen LogP contribution is 2.19. The van der Waals surface area contributed by atoms with Crippen molar-refractivity contribution in [3.63, 3.8) is 0 Å². The van der Waals surface area contributed by atoms with Gasteiger partial charge < -0.3 is 5.32 Å². The van der Waals surface area contributed by atoms with Crippen molar-refractivity contribution in [1.29, 1.82) is 0 Å². The van der Waals surface area contributed by atoms with E-state index in [1.54, 1.807) is 0 Å². The van der Waals surface area contributed by atoms with E-state index in [0.717, 1.165) is 32.7 Å². The lowest BCUT2D eigenvalue weighted by Gasteiger charge is -2.35. The molecule has 114 valence electrons. The maximum Gasteiger partial charge on any atom is 0.226 e. The van der Waals surface area contributed by atoms with Crippen molar-refractivity contribution in [3.05, 3.63) is 35.9 Å².